The Labute approximate surface area is 111 Å². The van der Waals surface area contributed by atoms with E-state index < -0.39 is 16.9 Å². The fourth-order valence-corrected chi connectivity index (χ4v) is 1.60. The highest BCUT2D eigenvalue weighted by Crippen LogP contribution is 2.14. The number of hydrogen-bond acceptors (Lipinski definition) is 6. The third-order valence-electron chi connectivity index (χ3n) is 2.52. The molecule has 0 aliphatic heterocycles. The Kier molecular flexibility index (Phi) is 5.97. The van der Waals surface area contributed by atoms with Gasteiger partial charge in [0.15, 0.2) is 0 Å². The molecule has 0 saturated heterocycles. The first-order valence-corrected chi connectivity index (χ1v) is 5.62. The number of benzene rings is 1. The lowest BCUT2D eigenvalue weighted by molar-refractivity contribution is -0.384. The average Bonchev–Trinajstić information content (AvgIpc) is 2.42. The second-order valence-electron chi connectivity index (χ2n) is 3.84. The van der Waals surface area contributed by atoms with Crippen LogP contribution < -0.4 is 5.23 Å². The maximum atomic E-state index is 11.6. The van der Waals surface area contributed by atoms with Crippen molar-refractivity contribution in [1.82, 2.24) is 5.23 Å². The van der Waals surface area contributed by atoms with Gasteiger partial charge in [-0.1, -0.05) is 12.1 Å². The first-order chi connectivity index (χ1) is 9.08. The van der Waals surface area contributed by atoms with Gasteiger partial charge in [0.05, 0.1) is 12.0 Å². The Balaban J connectivity index is 2.80. The first kappa shape index (κ1) is 15.1. The molecule has 1 rings (SSSR count). The van der Waals surface area contributed by atoms with E-state index >= 15 is 0 Å². The van der Waals surface area contributed by atoms with Gasteiger partial charge >= 0.3 is 13.6 Å². The number of rotatable bonds is 7. The summed E-state index contributed by atoms with van der Waals surface area (Å²) >= 11 is 0. The second kappa shape index (κ2) is 7.50. The molecular formula is C11H15BN2O5. The summed E-state index contributed by atoms with van der Waals surface area (Å²) in [5, 5.41) is 13.5. The van der Waals surface area contributed by atoms with Gasteiger partial charge in [-0.05, 0) is 12.0 Å². The SMILES string of the molecule is COBNC(Cc1cccc([N+](=O)[O-])c1)C(=O)OC. The molecule has 7 nitrogen and oxygen atoms in total. The van der Waals surface area contributed by atoms with Crippen molar-refractivity contribution in [3.05, 3.63) is 39.9 Å². The minimum absolute atomic E-state index is 0.00661. The lowest BCUT2D eigenvalue weighted by Crippen LogP contribution is -2.42. The number of nitro benzene ring substituents is 1. The lowest BCUT2D eigenvalue weighted by atomic mass is 10.0. The summed E-state index contributed by atoms with van der Waals surface area (Å²) in [5.41, 5.74) is 0.668. The smallest absolute Gasteiger partial charge is 0.361 e. The molecule has 8 heteroatoms. The summed E-state index contributed by atoms with van der Waals surface area (Å²) in [7, 11) is 2.97. The van der Waals surface area contributed by atoms with Crippen molar-refractivity contribution in [2.45, 2.75) is 12.5 Å². The first-order valence-electron chi connectivity index (χ1n) is 5.62. The van der Waals surface area contributed by atoms with Gasteiger partial charge in [0, 0.05) is 19.2 Å². The minimum atomic E-state index is -0.605. The number of ether oxygens (including phenoxy) is 1. The van der Waals surface area contributed by atoms with Crippen LogP contribution in [0.1, 0.15) is 5.56 Å². The fourth-order valence-electron chi connectivity index (χ4n) is 1.60. The third kappa shape index (κ3) is 4.68. The van der Waals surface area contributed by atoms with E-state index in [2.05, 4.69) is 9.96 Å². The number of nitro groups is 1. The predicted octanol–water partition coefficient (Wildman–Crippen LogP) is 0.181. The van der Waals surface area contributed by atoms with Crippen LogP contribution in [0.15, 0.2) is 24.3 Å². The van der Waals surface area contributed by atoms with Gasteiger partial charge in [-0.3, -0.25) is 14.9 Å². The zero-order valence-electron chi connectivity index (χ0n) is 10.8. The van der Waals surface area contributed by atoms with Crippen LogP contribution in [0.2, 0.25) is 0 Å². The number of carbonyl (C=O) groups excluding carboxylic acids is 1. The van der Waals surface area contributed by atoms with Crippen LogP contribution in [0.4, 0.5) is 5.69 Å². The van der Waals surface area contributed by atoms with E-state index in [9.17, 15) is 14.9 Å². The van der Waals surface area contributed by atoms with Crippen LogP contribution in [-0.2, 0) is 20.6 Å². The van der Waals surface area contributed by atoms with E-state index in [0.29, 0.717) is 5.56 Å². The summed E-state index contributed by atoms with van der Waals surface area (Å²) in [6.45, 7) is 0. The molecule has 0 heterocycles. The molecule has 1 aromatic carbocycles. The quantitative estimate of drug-likeness (QED) is 0.327. The van der Waals surface area contributed by atoms with Gasteiger partial charge in [-0.25, -0.2) is 0 Å². The molecule has 102 valence electrons. The molecule has 1 aromatic rings. The number of carbonyl (C=O) groups is 1. The molecule has 0 amide bonds. The van der Waals surface area contributed by atoms with E-state index in [1.54, 1.807) is 12.1 Å². The number of non-ortho nitro benzene ring substituents is 1. The van der Waals surface area contributed by atoms with Gasteiger partial charge in [0.1, 0.15) is 6.04 Å². The molecule has 19 heavy (non-hydrogen) atoms. The molecule has 0 radical (unpaired) electrons. The third-order valence-corrected chi connectivity index (χ3v) is 2.52. The number of nitrogens with one attached hydrogen (secondary N) is 1. The normalized spacial score (nSPS) is 11.7. The molecule has 0 aromatic heterocycles. The average molecular weight is 266 g/mol. The van der Waals surface area contributed by atoms with Gasteiger partial charge in [0.25, 0.3) is 5.69 Å². The number of nitrogens with zero attached hydrogens (tertiary/aromatic N) is 1. The molecule has 1 unspecified atom stereocenters. The van der Waals surface area contributed by atoms with E-state index in [-0.39, 0.29) is 19.7 Å². The van der Waals surface area contributed by atoms with Gasteiger partial charge in [-0.2, -0.15) is 0 Å². The summed E-state index contributed by atoms with van der Waals surface area (Å²) in [5.74, 6) is -0.441. The van der Waals surface area contributed by atoms with Crippen molar-refractivity contribution >= 4 is 19.3 Å². The minimum Gasteiger partial charge on any atom is -0.468 e. The van der Waals surface area contributed by atoms with Crippen molar-refractivity contribution in [2.24, 2.45) is 0 Å². The van der Waals surface area contributed by atoms with Crippen molar-refractivity contribution in [1.29, 1.82) is 0 Å². The van der Waals surface area contributed by atoms with Crippen LogP contribution in [-0.4, -0.2) is 38.8 Å². The summed E-state index contributed by atoms with van der Waals surface area (Å²) in [4.78, 5) is 21.8. The Hall–Kier alpha value is -1.93. The molecule has 0 fully saturated rings. The summed E-state index contributed by atoms with van der Waals surface area (Å²) < 4.78 is 9.51. The molecular weight excluding hydrogens is 251 g/mol. The molecule has 1 atom stereocenters. The maximum absolute atomic E-state index is 11.6. The van der Waals surface area contributed by atoms with E-state index in [1.807, 2.05) is 0 Å². The van der Waals surface area contributed by atoms with Crippen molar-refractivity contribution in [3.8, 4) is 0 Å². The predicted molar refractivity (Wildman–Crippen MR) is 69.9 cm³/mol. The summed E-state index contributed by atoms with van der Waals surface area (Å²) in [6, 6.07) is 5.53. The standard InChI is InChI=1S/C11H15BN2O5/c1-18-11(15)10(13-12-19-2)7-8-4-3-5-9(6-8)14(16)17/h3-6,10,12-13H,7H2,1-2H3. The molecule has 0 saturated carbocycles. The highest BCUT2D eigenvalue weighted by molar-refractivity contribution is 6.24. The molecule has 0 bridgehead atoms. The van der Waals surface area contributed by atoms with E-state index in [4.69, 9.17) is 4.65 Å². The van der Waals surface area contributed by atoms with Crippen molar-refractivity contribution in [2.75, 3.05) is 14.2 Å². The van der Waals surface area contributed by atoms with E-state index in [1.165, 1.54) is 26.4 Å². The molecule has 0 spiro atoms. The second-order valence-corrected chi connectivity index (χ2v) is 3.84. The molecule has 1 N–H and O–H groups in total. The summed E-state index contributed by atoms with van der Waals surface area (Å²) in [6.07, 6.45) is 0.289. The van der Waals surface area contributed by atoms with Crippen LogP contribution in [0.5, 0.6) is 0 Å². The Bertz CT molecular complexity index is 454. The van der Waals surface area contributed by atoms with Crippen molar-refractivity contribution < 1.29 is 19.1 Å². The zero-order valence-corrected chi connectivity index (χ0v) is 10.8. The highest BCUT2D eigenvalue weighted by atomic mass is 16.6. The zero-order chi connectivity index (χ0) is 14.3. The Morgan fingerprint density at radius 2 is 2.26 bits per heavy atom. The lowest BCUT2D eigenvalue weighted by Gasteiger charge is -2.15. The Morgan fingerprint density at radius 1 is 1.53 bits per heavy atom. The van der Waals surface area contributed by atoms with Crippen LogP contribution in [0, 0.1) is 10.1 Å². The number of esters is 1. The van der Waals surface area contributed by atoms with E-state index in [0.717, 1.165) is 0 Å². The van der Waals surface area contributed by atoms with Crippen LogP contribution >= 0.6 is 0 Å². The number of hydrogen-bond donors (Lipinski definition) is 1. The monoisotopic (exact) mass is 266 g/mol. The highest BCUT2D eigenvalue weighted by Gasteiger charge is 2.20. The topological polar surface area (TPSA) is 90.7 Å². The van der Waals surface area contributed by atoms with Crippen LogP contribution in [0.3, 0.4) is 0 Å². The van der Waals surface area contributed by atoms with Crippen molar-refractivity contribution in [3.63, 3.8) is 0 Å². The largest absolute Gasteiger partial charge is 0.468 e. The fraction of sp³-hybridized carbons (Fsp3) is 0.364. The molecule has 0 aliphatic rings. The van der Waals surface area contributed by atoms with Gasteiger partial charge in [0.2, 0.25) is 0 Å². The van der Waals surface area contributed by atoms with Gasteiger partial charge < -0.3 is 14.6 Å². The maximum Gasteiger partial charge on any atom is 0.361 e. The Morgan fingerprint density at radius 3 is 2.84 bits per heavy atom. The molecule has 0 aliphatic carbocycles. The van der Waals surface area contributed by atoms with Gasteiger partial charge in [-0.15, -0.1) is 0 Å². The number of methoxy groups -OCH3 is 1. The van der Waals surface area contributed by atoms with Crippen LogP contribution in [0.25, 0.3) is 0 Å².